The van der Waals surface area contributed by atoms with Gasteiger partial charge in [-0.25, -0.2) is 4.79 Å². The molecule has 0 fully saturated rings. The highest BCUT2D eigenvalue weighted by Gasteiger charge is 2.23. The molecule has 0 spiro atoms. The standard InChI is InChI=1S/C22H26N2O8/c1-12-6-7-16(28-3)15(8-12)24-21(26)13(2)32-22(27)14-9-17(29-4)20(18(10-14)30-5)31-11-19(23)25/h6-10,13H,11H2,1-5H3,(H2,23,25)(H,24,26). The summed E-state index contributed by atoms with van der Waals surface area (Å²) < 4.78 is 26.3. The van der Waals surface area contributed by atoms with Crippen molar-refractivity contribution in [2.24, 2.45) is 5.73 Å². The number of nitrogens with two attached hydrogens (primary N) is 1. The Morgan fingerprint density at radius 2 is 1.56 bits per heavy atom. The molecular formula is C22H26N2O8. The lowest BCUT2D eigenvalue weighted by Crippen LogP contribution is -2.30. The summed E-state index contributed by atoms with van der Waals surface area (Å²) in [5.74, 6) is -1.20. The molecule has 0 radical (unpaired) electrons. The summed E-state index contributed by atoms with van der Waals surface area (Å²) in [7, 11) is 4.19. The molecule has 0 aliphatic heterocycles. The van der Waals surface area contributed by atoms with Crippen molar-refractivity contribution < 1.29 is 38.1 Å². The third kappa shape index (κ3) is 6.03. The van der Waals surface area contributed by atoms with Crippen LogP contribution in [0.4, 0.5) is 5.69 Å². The van der Waals surface area contributed by atoms with Gasteiger partial charge in [-0.2, -0.15) is 0 Å². The minimum Gasteiger partial charge on any atom is -0.495 e. The van der Waals surface area contributed by atoms with Crippen LogP contribution in [0.1, 0.15) is 22.8 Å². The number of rotatable bonds is 10. The second kappa shape index (κ2) is 10.9. The van der Waals surface area contributed by atoms with Crippen LogP contribution >= 0.6 is 0 Å². The van der Waals surface area contributed by atoms with Crippen molar-refractivity contribution in [3.63, 3.8) is 0 Å². The zero-order chi connectivity index (χ0) is 23.8. The lowest BCUT2D eigenvalue weighted by atomic mass is 10.1. The molecule has 10 nitrogen and oxygen atoms in total. The Hall–Kier alpha value is -3.95. The van der Waals surface area contributed by atoms with Crippen LogP contribution in [0.15, 0.2) is 30.3 Å². The average molecular weight is 446 g/mol. The van der Waals surface area contributed by atoms with Crippen LogP contribution in [-0.4, -0.2) is 51.8 Å². The minimum absolute atomic E-state index is 0.0536. The van der Waals surface area contributed by atoms with Crippen LogP contribution in [0.2, 0.25) is 0 Å². The van der Waals surface area contributed by atoms with Gasteiger partial charge in [0.25, 0.3) is 11.8 Å². The Bertz CT molecular complexity index is 980. The van der Waals surface area contributed by atoms with Crippen molar-refractivity contribution in [2.75, 3.05) is 33.3 Å². The first-order valence-electron chi connectivity index (χ1n) is 9.53. The number of aryl methyl sites for hydroxylation is 1. The number of esters is 1. The number of primary amides is 1. The van der Waals surface area contributed by atoms with Crippen LogP contribution in [0.5, 0.6) is 23.0 Å². The highest BCUT2D eigenvalue weighted by atomic mass is 16.6. The van der Waals surface area contributed by atoms with Gasteiger partial charge in [-0.3, -0.25) is 9.59 Å². The van der Waals surface area contributed by atoms with Gasteiger partial charge in [0, 0.05) is 0 Å². The van der Waals surface area contributed by atoms with Gasteiger partial charge in [0.15, 0.2) is 24.2 Å². The predicted molar refractivity (Wildman–Crippen MR) is 115 cm³/mol. The van der Waals surface area contributed by atoms with Crippen molar-refractivity contribution in [2.45, 2.75) is 20.0 Å². The molecule has 2 aromatic rings. The molecule has 2 amide bonds. The van der Waals surface area contributed by atoms with Crippen molar-refractivity contribution in [3.8, 4) is 23.0 Å². The van der Waals surface area contributed by atoms with Gasteiger partial charge in [0.05, 0.1) is 32.6 Å². The number of hydrogen-bond acceptors (Lipinski definition) is 8. The molecule has 172 valence electrons. The van der Waals surface area contributed by atoms with E-state index in [1.165, 1.54) is 40.4 Å². The molecule has 0 bridgehead atoms. The maximum atomic E-state index is 12.6. The first kappa shape index (κ1) is 24.3. The number of ether oxygens (including phenoxy) is 5. The number of nitrogens with one attached hydrogen (secondary N) is 1. The largest absolute Gasteiger partial charge is 0.495 e. The summed E-state index contributed by atoms with van der Waals surface area (Å²) in [6.07, 6.45) is -1.12. The van der Waals surface area contributed by atoms with E-state index in [1.54, 1.807) is 12.1 Å². The van der Waals surface area contributed by atoms with E-state index in [0.717, 1.165) is 5.56 Å². The summed E-state index contributed by atoms with van der Waals surface area (Å²) >= 11 is 0. The minimum atomic E-state index is -1.12. The molecule has 0 aliphatic rings. The van der Waals surface area contributed by atoms with E-state index >= 15 is 0 Å². The van der Waals surface area contributed by atoms with Crippen molar-refractivity contribution >= 4 is 23.5 Å². The molecule has 10 heteroatoms. The fourth-order valence-electron chi connectivity index (χ4n) is 2.72. The van der Waals surface area contributed by atoms with Crippen LogP contribution in [0, 0.1) is 6.92 Å². The molecule has 3 N–H and O–H groups in total. The molecule has 1 unspecified atom stereocenters. The molecule has 0 saturated heterocycles. The second-order valence-corrected chi connectivity index (χ2v) is 6.71. The lowest BCUT2D eigenvalue weighted by molar-refractivity contribution is -0.123. The Kier molecular flexibility index (Phi) is 8.28. The third-order valence-corrected chi connectivity index (χ3v) is 4.32. The van der Waals surface area contributed by atoms with Crippen LogP contribution in [0.3, 0.4) is 0 Å². The van der Waals surface area contributed by atoms with Crippen LogP contribution in [-0.2, 0) is 14.3 Å². The summed E-state index contributed by atoms with van der Waals surface area (Å²) in [5.41, 5.74) is 6.53. The maximum Gasteiger partial charge on any atom is 0.339 e. The Balaban J connectivity index is 2.18. The average Bonchev–Trinajstić information content (AvgIpc) is 2.76. The smallest absolute Gasteiger partial charge is 0.339 e. The lowest BCUT2D eigenvalue weighted by Gasteiger charge is -2.17. The SMILES string of the molecule is COc1ccc(C)cc1NC(=O)C(C)OC(=O)c1cc(OC)c(OCC(N)=O)c(OC)c1. The quantitative estimate of drug-likeness (QED) is 0.530. The van der Waals surface area contributed by atoms with Gasteiger partial charge in [0.1, 0.15) is 5.75 Å². The van der Waals surface area contributed by atoms with E-state index in [1.807, 2.05) is 13.0 Å². The van der Waals surface area contributed by atoms with Crippen LogP contribution in [0.25, 0.3) is 0 Å². The molecule has 2 aromatic carbocycles. The zero-order valence-corrected chi connectivity index (χ0v) is 18.5. The van der Waals surface area contributed by atoms with Crippen LogP contribution < -0.4 is 30.0 Å². The van der Waals surface area contributed by atoms with E-state index in [9.17, 15) is 14.4 Å². The van der Waals surface area contributed by atoms with Gasteiger partial charge in [0.2, 0.25) is 5.75 Å². The fraction of sp³-hybridized carbons (Fsp3) is 0.318. The van der Waals surface area contributed by atoms with Crippen molar-refractivity contribution in [1.29, 1.82) is 0 Å². The molecule has 0 aromatic heterocycles. The van der Waals surface area contributed by atoms with Crippen molar-refractivity contribution in [3.05, 3.63) is 41.5 Å². The molecular weight excluding hydrogens is 420 g/mol. The molecule has 0 aliphatic carbocycles. The fourth-order valence-corrected chi connectivity index (χ4v) is 2.72. The van der Waals surface area contributed by atoms with E-state index in [-0.39, 0.29) is 22.8 Å². The van der Waals surface area contributed by atoms with Gasteiger partial charge in [-0.15, -0.1) is 0 Å². The normalized spacial score (nSPS) is 11.2. The van der Waals surface area contributed by atoms with Gasteiger partial charge >= 0.3 is 5.97 Å². The number of hydrogen-bond donors (Lipinski definition) is 2. The first-order valence-corrected chi connectivity index (χ1v) is 9.53. The van der Waals surface area contributed by atoms with E-state index < -0.39 is 30.5 Å². The summed E-state index contributed by atoms with van der Waals surface area (Å²) in [6.45, 7) is 2.90. The number of carbonyl (C=O) groups is 3. The maximum absolute atomic E-state index is 12.6. The van der Waals surface area contributed by atoms with E-state index in [2.05, 4.69) is 5.32 Å². The predicted octanol–water partition coefficient (Wildman–Crippen LogP) is 2.07. The third-order valence-electron chi connectivity index (χ3n) is 4.32. The number of amides is 2. The topological polar surface area (TPSA) is 135 Å². The zero-order valence-electron chi connectivity index (χ0n) is 18.5. The van der Waals surface area contributed by atoms with Gasteiger partial charge in [-0.05, 0) is 43.7 Å². The second-order valence-electron chi connectivity index (χ2n) is 6.71. The molecule has 0 heterocycles. The highest BCUT2D eigenvalue weighted by molar-refractivity contribution is 5.98. The first-order chi connectivity index (χ1) is 15.2. The molecule has 2 rings (SSSR count). The number of methoxy groups -OCH3 is 3. The number of carbonyl (C=O) groups excluding carboxylic acids is 3. The molecule has 1 atom stereocenters. The monoisotopic (exact) mass is 446 g/mol. The highest BCUT2D eigenvalue weighted by Crippen LogP contribution is 2.38. The Morgan fingerprint density at radius 3 is 2.09 bits per heavy atom. The Labute approximate surface area is 185 Å². The van der Waals surface area contributed by atoms with E-state index in [0.29, 0.717) is 11.4 Å². The summed E-state index contributed by atoms with van der Waals surface area (Å²) in [5, 5.41) is 2.69. The number of benzene rings is 2. The van der Waals surface area contributed by atoms with E-state index in [4.69, 9.17) is 29.4 Å². The Morgan fingerprint density at radius 1 is 0.969 bits per heavy atom. The van der Waals surface area contributed by atoms with Gasteiger partial charge in [-0.1, -0.05) is 6.07 Å². The molecule has 32 heavy (non-hydrogen) atoms. The summed E-state index contributed by atoms with van der Waals surface area (Å²) in [4.78, 5) is 36.2. The summed E-state index contributed by atoms with van der Waals surface area (Å²) in [6, 6.07) is 7.99. The number of anilines is 1. The molecule has 0 saturated carbocycles. The van der Waals surface area contributed by atoms with Gasteiger partial charge < -0.3 is 34.7 Å². The van der Waals surface area contributed by atoms with Crippen molar-refractivity contribution in [1.82, 2.24) is 0 Å².